The van der Waals surface area contributed by atoms with Crippen molar-refractivity contribution in [2.24, 2.45) is 5.92 Å². The van der Waals surface area contributed by atoms with Gasteiger partial charge in [0.05, 0.1) is 11.0 Å². The molecule has 1 fully saturated rings. The maximum atomic E-state index is 11.1. The minimum atomic E-state index is -0.453. The molecule has 0 bridgehead atoms. The molecule has 1 atom stereocenters. The van der Waals surface area contributed by atoms with Gasteiger partial charge in [0.15, 0.2) is 0 Å². The van der Waals surface area contributed by atoms with Gasteiger partial charge < -0.3 is 15.3 Å². The number of aliphatic hydroxyl groups is 1. The van der Waals surface area contributed by atoms with E-state index in [0.717, 1.165) is 12.8 Å². The fourth-order valence-electron chi connectivity index (χ4n) is 2.56. The van der Waals surface area contributed by atoms with Crippen molar-refractivity contribution >= 4 is 17.5 Å². The van der Waals surface area contributed by atoms with Crippen molar-refractivity contribution in [3.8, 4) is 0 Å². The highest BCUT2D eigenvalue weighted by atomic mass is 16.6. The summed E-state index contributed by atoms with van der Waals surface area (Å²) < 4.78 is 0. The Labute approximate surface area is 123 Å². The van der Waals surface area contributed by atoms with E-state index in [9.17, 15) is 15.2 Å². The van der Waals surface area contributed by atoms with Crippen LogP contribution in [0.4, 0.5) is 17.5 Å². The first-order valence-corrected chi connectivity index (χ1v) is 7.21. The van der Waals surface area contributed by atoms with Gasteiger partial charge >= 0.3 is 5.69 Å². The fraction of sp³-hybridized carbons (Fsp3) is 0.692. The van der Waals surface area contributed by atoms with E-state index >= 15 is 0 Å². The molecular formula is C13H21N5O3. The van der Waals surface area contributed by atoms with Crippen LogP contribution in [0.5, 0.6) is 0 Å². The van der Waals surface area contributed by atoms with Gasteiger partial charge in [0.2, 0.25) is 11.8 Å². The monoisotopic (exact) mass is 295 g/mol. The number of rotatable bonds is 5. The van der Waals surface area contributed by atoms with Gasteiger partial charge in [0, 0.05) is 19.6 Å². The molecule has 0 spiro atoms. The van der Waals surface area contributed by atoms with Gasteiger partial charge in [0.25, 0.3) is 0 Å². The van der Waals surface area contributed by atoms with Crippen LogP contribution in [0.3, 0.4) is 0 Å². The smallest absolute Gasteiger partial charge is 0.329 e. The number of aliphatic hydroxyl groups excluding tert-OH is 1. The van der Waals surface area contributed by atoms with E-state index in [1.54, 1.807) is 6.92 Å². The van der Waals surface area contributed by atoms with Crippen molar-refractivity contribution in [1.82, 2.24) is 9.97 Å². The van der Waals surface area contributed by atoms with Crippen molar-refractivity contribution in [2.75, 3.05) is 29.9 Å². The number of nitrogens with one attached hydrogen (secondary N) is 1. The van der Waals surface area contributed by atoms with Crippen LogP contribution in [-0.4, -0.2) is 45.7 Å². The third-order valence-corrected chi connectivity index (χ3v) is 3.80. The number of anilines is 2. The summed E-state index contributed by atoms with van der Waals surface area (Å²) in [6, 6.07) is 0. The highest BCUT2D eigenvalue weighted by molar-refractivity contribution is 5.59. The minimum absolute atomic E-state index is 0.0767. The van der Waals surface area contributed by atoms with Gasteiger partial charge in [-0.3, -0.25) is 10.1 Å². The molecule has 0 amide bonds. The minimum Gasteiger partial charge on any atom is -0.393 e. The first-order valence-electron chi connectivity index (χ1n) is 7.21. The molecule has 2 heterocycles. The number of piperidine rings is 1. The first-order chi connectivity index (χ1) is 10.0. The zero-order valence-corrected chi connectivity index (χ0v) is 12.3. The molecule has 1 aliphatic heterocycles. The molecule has 8 nitrogen and oxygen atoms in total. The lowest BCUT2D eigenvalue weighted by Gasteiger charge is -2.33. The molecule has 0 saturated carbocycles. The van der Waals surface area contributed by atoms with Crippen LogP contribution >= 0.6 is 0 Å². The molecule has 8 heteroatoms. The predicted molar refractivity (Wildman–Crippen MR) is 79.5 cm³/mol. The standard InChI is InChI=1S/C13H21N5O3/c1-3-14-13-15-8-11(18(20)21)12(16-13)17-6-4-10(5-7-17)9(2)19/h8-10,19H,3-7H2,1-2H3,(H,14,15,16). The van der Waals surface area contributed by atoms with Gasteiger partial charge in [-0.25, -0.2) is 4.98 Å². The van der Waals surface area contributed by atoms with Gasteiger partial charge in [-0.1, -0.05) is 0 Å². The topological polar surface area (TPSA) is 104 Å². The van der Waals surface area contributed by atoms with Crippen molar-refractivity contribution in [3.63, 3.8) is 0 Å². The summed E-state index contributed by atoms with van der Waals surface area (Å²) in [6.07, 6.45) is 2.51. The zero-order chi connectivity index (χ0) is 15.4. The zero-order valence-electron chi connectivity index (χ0n) is 12.3. The van der Waals surface area contributed by atoms with E-state index in [-0.39, 0.29) is 17.7 Å². The number of hydrogen-bond acceptors (Lipinski definition) is 7. The van der Waals surface area contributed by atoms with E-state index < -0.39 is 4.92 Å². The second-order valence-corrected chi connectivity index (χ2v) is 5.25. The van der Waals surface area contributed by atoms with E-state index in [1.807, 2.05) is 11.8 Å². The molecular weight excluding hydrogens is 274 g/mol. The second-order valence-electron chi connectivity index (χ2n) is 5.25. The second kappa shape index (κ2) is 6.66. The van der Waals surface area contributed by atoms with E-state index in [2.05, 4.69) is 15.3 Å². The average Bonchev–Trinajstić information content (AvgIpc) is 2.47. The molecule has 2 rings (SSSR count). The molecule has 0 aliphatic carbocycles. The average molecular weight is 295 g/mol. The molecule has 1 saturated heterocycles. The van der Waals surface area contributed by atoms with Crippen LogP contribution in [0.15, 0.2) is 6.20 Å². The molecule has 21 heavy (non-hydrogen) atoms. The van der Waals surface area contributed by atoms with E-state index in [1.165, 1.54) is 6.20 Å². The molecule has 1 aromatic rings. The van der Waals surface area contributed by atoms with Gasteiger partial charge in [-0.05, 0) is 32.6 Å². The Morgan fingerprint density at radius 3 is 2.76 bits per heavy atom. The van der Waals surface area contributed by atoms with E-state index in [4.69, 9.17) is 0 Å². The predicted octanol–water partition coefficient (Wildman–Crippen LogP) is 1.41. The third-order valence-electron chi connectivity index (χ3n) is 3.80. The normalized spacial score (nSPS) is 17.6. The van der Waals surface area contributed by atoms with Crippen molar-refractivity contribution in [2.45, 2.75) is 32.8 Å². The summed E-state index contributed by atoms with van der Waals surface area (Å²) in [4.78, 5) is 20.8. The van der Waals surface area contributed by atoms with Gasteiger partial charge in [0.1, 0.15) is 6.20 Å². The Morgan fingerprint density at radius 1 is 1.57 bits per heavy atom. The third kappa shape index (κ3) is 3.57. The summed E-state index contributed by atoms with van der Waals surface area (Å²) in [7, 11) is 0. The Balaban J connectivity index is 2.21. The van der Waals surface area contributed by atoms with Crippen LogP contribution in [-0.2, 0) is 0 Å². The molecule has 0 aromatic carbocycles. The Bertz CT molecular complexity index is 501. The molecule has 0 radical (unpaired) electrons. The maximum Gasteiger partial charge on any atom is 0.329 e. The van der Waals surface area contributed by atoms with Gasteiger partial charge in [-0.15, -0.1) is 0 Å². The van der Waals surface area contributed by atoms with Crippen LogP contribution in [0.1, 0.15) is 26.7 Å². The largest absolute Gasteiger partial charge is 0.393 e. The molecule has 1 unspecified atom stereocenters. The molecule has 116 valence electrons. The van der Waals surface area contributed by atoms with Crippen LogP contribution in [0.2, 0.25) is 0 Å². The summed E-state index contributed by atoms with van der Waals surface area (Å²) in [5.41, 5.74) is -0.0767. The number of nitro groups is 1. The quantitative estimate of drug-likeness (QED) is 0.625. The van der Waals surface area contributed by atoms with Crippen molar-refractivity contribution < 1.29 is 10.0 Å². The Kier molecular flexibility index (Phi) is 4.89. The molecule has 1 aromatic heterocycles. The Morgan fingerprint density at radius 2 is 2.24 bits per heavy atom. The van der Waals surface area contributed by atoms with Crippen LogP contribution in [0.25, 0.3) is 0 Å². The summed E-state index contributed by atoms with van der Waals surface area (Å²) in [5, 5.41) is 23.7. The van der Waals surface area contributed by atoms with Gasteiger partial charge in [-0.2, -0.15) is 4.98 Å². The van der Waals surface area contributed by atoms with E-state index in [0.29, 0.717) is 31.4 Å². The first kappa shape index (κ1) is 15.4. The molecule has 2 N–H and O–H groups in total. The number of nitrogens with zero attached hydrogens (tertiary/aromatic N) is 4. The lowest BCUT2D eigenvalue weighted by atomic mass is 9.92. The lowest BCUT2D eigenvalue weighted by Crippen LogP contribution is -2.38. The SMILES string of the molecule is CCNc1ncc([N+](=O)[O-])c(N2CCC(C(C)O)CC2)n1. The van der Waals surface area contributed by atoms with Crippen molar-refractivity contribution in [1.29, 1.82) is 0 Å². The highest BCUT2D eigenvalue weighted by Crippen LogP contribution is 2.30. The Hall–Kier alpha value is -1.96. The summed E-state index contributed by atoms with van der Waals surface area (Å²) in [5.74, 6) is 1.00. The molecule has 1 aliphatic rings. The fourth-order valence-corrected chi connectivity index (χ4v) is 2.56. The highest BCUT2D eigenvalue weighted by Gasteiger charge is 2.28. The number of aromatic nitrogens is 2. The number of hydrogen-bond donors (Lipinski definition) is 2. The van der Waals surface area contributed by atoms with Crippen molar-refractivity contribution in [3.05, 3.63) is 16.3 Å². The summed E-state index contributed by atoms with van der Waals surface area (Å²) in [6.45, 7) is 5.66. The van der Waals surface area contributed by atoms with Crippen LogP contribution < -0.4 is 10.2 Å². The van der Waals surface area contributed by atoms with Crippen LogP contribution in [0, 0.1) is 16.0 Å². The summed E-state index contributed by atoms with van der Waals surface area (Å²) >= 11 is 0. The lowest BCUT2D eigenvalue weighted by molar-refractivity contribution is -0.384. The maximum absolute atomic E-state index is 11.1.